The van der Waals surface area contributed by atoms with Crippen LogP contribution in [0.1, 0.15) is 18.4 Å². The van der Waals surface area contributed by atoms with Crippen LogP contribution in [0, 0.1) is 0 Å². The lowest BCUT2D eigenvalue weighted by Crippen LogP contribution is -2.20. The first kappa shape index (κ1) is 14.5. The Balaban J connectivity index is 2.44. The van der Waals surface area contributed by atoms with E-state index in [0.29, 0.717) is 6.42 Å². The average molecular weight is 321 g/mol. The highest BCUT2D eigenvalue weighted by molar-refractivity contribution is 9.10. The number of benzene rings is 1. The summed E-state index contributed by atoms with van der Waals surface area (Å²) in [5, 5.41) is 9.27. The van der Waals surface area contributed by atoms with Gasteiger partial charge in [0, 0.05) is 22.5 Å². The number of halogens is 2. The number of carboxylic acid groups (broad SMARTS) is 1. The predicted molar refractivity (Wildman–Crippen MR) is 72.4 cm³/mol. The Morgan fingerprint density at radius 2 is 2.24 bits per heavy atom. The molecule has 0 saturated carbocycles. The van der Waals surface area contributed by atoms with E-state index in [1.165, 1.54) is 0 Å². The zero-order valence-electron chi connectivity index (χ0n) is 9.62. The van der Waals surface area contributed by atoms with Crippen molar-refractivity contribution in [1.82, 2.24) is 4.90 Å². The molecule has 1 N–H and O–H groups in total. The number of hydrogen-bond acceptors (Lipinski definition) is 2. The number of aliphatic carboxylic acids is 1. The molecule has 0 aromatic heterocycles. The van der Waals surface area contributed by atoms with Crippen molar-refractivity contribution in [3.8, 4) is 0 Å². The summed E-state index contributed by atoms with van der Waals surface area (Å²) >= 11 is 9.46. The van der Waals surface area contributed by atoms with E-state index in [4.69, 9.17) is 16.7 Å². The van der Waals surface area contributed by atoms with E-state index in [2.05, 4.69) is 20.8 Å². The maximum atomic E-state index is 10.4. The van der Waals surface area contributed by atoms with Crippen molar-refractivity contribution in [2.75, 3.05) is 13.6 Å². The van der Waals surface area contributed by atoms with Crippen LogP contribution in [0.5, 0.6) is 0 Å². The van der Waals surface area contributed by atoms with E-state index in [-0.39, 0.29) is 6.42 Å². The molecule has 0 heterocycles. The minimum atomic E-state index is -0.750. The second-order valence-corrected chi connectivity index (χ2v) is 5.29. The molecule has 1 aromatic rings. The smallest absolute Gasteiger partial charge is 0.303 e. The molecule has 0 bridgehead atoms. The summed E-state index contributed by atoms with van der Waals surface area (Å²) in [6.45, 7) is 1.48. The van der Waals surface area contributed by atoms with E-state index < -0.39 is 5.97 Å². The molecule has 0 aliphatic carbocycles. The molecule has 0 fully saturated rings. The second-order valence-electron chi connectivity index (χ2n) is 3.97. The first-order chi connectivity index (χ1) is 7.99. The third kappa shape index (κ3) is 5.52. The molecule has 0 spiro atoms. The molecule has 0 saturated heterocycles. The van der Waals surface area contributed by atoms with Crippen molar-refractivity contribution in [2.45, 2.75) is 19.4 Å². The Labute approximate surface area is 115 Å². The molecule has 0 atom stereocenters. The van der Waals surface area contributed by atoms with Crippen LogP contribution in [0.3, 0.4) is 0 Å². The van der Waals surface area contributed by atoms with Crippen molar-refractivity contribution in [3.05, 3.63) is 33.3 Å². The van der Waals surface area contributed by atoms with Gasteiger partial charge in [-0.25, -0.2) is 0 Å². The quantitative estimate of drug-likeness (QED) is 0.873. The van der Waals surface area contributed by atoms with Crippen molar-refractivity contribution < 1.29 is 9.90 Å². The Morgan fingerprint density at radius 1 is 1.53 bits per heavy atom. The summed E-state index contributed by atoms with van der Waals surface area (Å²) in [4.78, 5) is 12.5. The minimum absolute atomic E-state index is 0.207. The Kier molecular flexibility index (Phi) is 5.95. The lowest BCUT2D eigenvalue weighted by atomic mass is 10.2. The van der Waals surface area contributed by atoms with Crippen LogP contribution in [-0.4, -0.2) is 29.6 Å². The van der Waals surface area contributed by atoms with Gasteiger partial charge in [0.1, 0.15) is 0 Å². The van der Waals surface area contributed by atoms with Gasteiger partial charge in [-0.15, -0.1) is 0 Å². The molecule has 0 aliphatic heterocycles. The number of hydrogen-bond donors (Lipinski definition) is 1. The standard InChI is InChI=1S/C12H15BrClNO2/c1-15(6-2-3-12(16)17)8-9-4-5-10(13)7-11(9)14/h4-5,7H,2-3,6,8H2,1H3,(H,16,17). The molecule has 5 heteroatoms. The van der Waals surface area contributed by atoms with E-state index in [1.54, 1.807) is 0 Å². The highest BCUT2D eigenvalue weighted by Crippen LogP contribution is 2.22. The molecule has 17 heavy (non-hydrogen) atoms. The van der Waals surface area contributed by atoms with Crippen molar-refractivity contribution in [3.63, 3.8) is 0 Å². The zero-order chi connectivity index (χ0) is 12.8. The van der Waals surface area contributed by atoms with Crippen LogP contribution in [0.15, 0.2) is 22.7 Å². The lowest BCUT2D eigenvalue weighted by molar-refractivity contribution is -0.137. The first-order valence-corrected chi connectivity index (χ1v) is 6.50. The largest absolute Gasteiger partial charge is 0.481 e. The van der Waals surface area contributed by atoms with Gasteiger partial charge < -0.3 is 10.0 Å². The molecule has 94 valence electrons. The molecular weight excluding hydrogens is 305 g/mol. The molecule has 1 rings (SSSR count). The molecule has 0 unspecified atom stereocenters. The maximum absolute atomic E-state index is 10.4. The summed E-state index contributed by atoms with van der Waals surface area (Å²) in [6, 6.07) is 5.79. The van der Waals surface area contributed by atoms with E-state index in [0.717, 1.165) is 28.1 Å². The third-order valence-electron chi connectivity index (χ3n) is 2.39. The third-order valence-corrected chi connectivity index (χ3v) is 3.23. The van der Waals surface area contributed by atoms with Crippen LogP contribution in [0.2, 0.25) is 5.02 Å². The molecule has 0 aliphatic rings. The number of rotatable bonds is 6. The van der Waals surface area contributed by atoms with Crippen LogP contribution in [-0.2, 0) is 11.3 Å². The minimum Gasteiger partial charge on any atom is -0.481 e. The fraction of sp³-hybridized carbons (Fsp3) is 0.417. The van der Waals surface area contributed by atoms with Gasteiger partial charge in [0.25, 0.3) is 0 Å². The molecule has 0 radical (unpaired) electrons. The van der Waals surface area contributed by atoms with Crippen LogP contribution in [0.4, 0.5) is 0 Å². The summed E-state index contributed by atoms with van der Waals surface area (Å²) in [7, 11) is 1.96. The van der Waals surface area contributed by atoms with Gasteiger partial charge in [0.15, 0.2) is 0 Å². The monoisotopic (exact) mass is 319 g/mol. The van der Waals surface area contributed by atoms with E-state index in [1.807, 2.05) is 25.2 Å². The molecular formula is C12H15BrClNO2. The summed E-state index contributed by atoms with van der Waals surface area (Å²) in [5.74, 6) is -0.750. The normalized spacial score (nSPS) is 10.8. The highest BCUT2D eigenvalue weighted by atomic mass is 79.9. The van der Waals surface area contributed by atoms with Gasteiger partial charge in [0.05, 0.1) is 0 Å². The maximum Gasteiger partial charge on any atom is 0.303 e. The predicted octanol–water partition coefficient (Wildman–Crippen LogP) is 3.40. The first-order valence-electron chi connectivity index (χ1n) is 5.33. The average Bonchev–Trinajstić information content (AvgIpc) is 2.21. The fourth-order valence-corrected chi connectivity index (χ4v) is 2.25. The van der Waals surface area contributed by atoms with Gasteiger partial charge >= 0.3 is 5.97 Å². The summed E-state index contributed by atoms with van der Waals surface area (Å²) < 4.78 is 0.958. The Hall–Kier alpha value is -0.580. The van der Waals surface area contributed by atoms with Gasteiger partial charge in [-0.2, -0.15) is 0 Å². The van der Waals surface area contributed by atoms with Crippen molar-refractivity contribution in [1.29, 1.82) is 0 Å². The Bertz CT molecular complexity index is 398. The molecule has 3 nitrogen and oxygen atoms in total. The SMILES string of the molecule is CN(CCCC(=O)O)Cc1ccc(Br)cc1Cl. The summed E-state index contributed by atoms with van der Waals surface area (Å²) in [5.41, 5.74) is 1.05. The van der Waals surface area contributed by atoms with E-state index in [9.17, 15) is 4.79 Å². The zero-order valence-corrected chi connectivity index (χ0v) is 12.0. The second kappa shape index (κ2) is 6.99. The van der Waals surface area contributed by atoms with Gasteiger partial charge in [0.2, 0.25) is 0 Å². The van der Waals surface area contributed by atoms with Crippen LogP contribution in [0.25, 0.3) is 0 Å². The van der Waals surface area contributed by atoms with E-state index >= 15 is 0 Å². The highest BCUT2D eigenvalue weighted by Gasteiger charge is 2.06. The van der Waals surface area contributed by atoms with Gasteiger partial charge in [-0.1, -0.05) is 33.6 Å². The Morgan fingerprint density at radius 3 is 2.82 bits per heavy atom. The number of nitrogens with zero attached hydrogens (tertiary/aromatic N) is 1. The van der Waals surface area contributed by atoms with Crippen LogP contribution < -0.4 is 0 Å². The van der Waals surface area contributed by atoms with Gasteiger partial charge in [-0.3, -0.25) is 4.79 Å². The number of carboxylic acids is 1. The lowest BCUT2D eigenvalue weighted by Gasteiger charge is -2.17. The van der Waals surface area contributed by atoms with Crippen molar-refractivity contribution >= 4 is 33.5 Å². The number of carbonyl (C=O) groups is 1. The topological polar surface area (TPSA) is 40.5 Å². The van der Waals surface area contributed by atoms with Crippen molar-refractivity contribution in [2.24, 2.45) is 0 Å². The molecule has 1 aromatic carbocycles. The molecule has 0 amide bonds. The van der Waals surface area contributed by atoms with Crippen LogP contribution >= 0.6 is 27.5 Å². The van der Waals surface area contributed by atoms with Gasteiger partial charge in [-0.05, 0) is 37.7 Å². The fourth-order valence-electron chi connectivity index (χ4n) is 1.52. The summed E-state index contributed by atoms with van der Waals surface area (Å²) in [6.07, 6.45) is 0.860.